The molecule has 1 unspecified atom stereocenters. The smallest absolute Gasteiger partial charge is 0.178 e. The van der Waals surface area contributed by atoms with E-state index in [0.717, 1.165) is 18.4 Å². The monoisotopic (exact) mass is 242 g/mol. The predicted molar refractivity (Wildman–Crippen MR) is 73.7 cm³/mol. The van der Waals surface area contributed by atoms with E-state index >= 15 is 0 Å². The number of Topliss-reactive ketones (excluding diaryl/α,β-unsaturated/α-hetero) is 1. The summed E-state index contributed by atoms with van der Waals surface area (Å²) in [5.74, 6) is 3.36. The van der Waals surface area contributed by atoms with Gasteiger partial charge in [-0.2, -0.15) is 0 Å². The van der Waals surface area contributed by atoms with Gasteiger partial charge in [-0.1, -0.05) is 49.8 Å². The third-order valence-electron chi connectivity index (χ3n) is 2.92. The van der Waals surface area contributed by atoms with Crippen LogP contribution in [0.1, 0.15) is 22.3 Å². The van der Waals surface area contributed by atoms with E-state index in [9.17, 15) is 4.79 Å². The second-order valence-corrected chi connectivity index (χ2v) is 10.4. The van der Waals surface area contributed by atoms with Gasteiger partial charge in [0.1, 0.15) is 8.07 Å². The van der Waals surface area contributed by atoms with Gasteiger partial charge >= 0.3 is 0 Å². The zero-order chi connectivity index (χ0) is 12.5. The molecule has 2 heteroatoms. The summed E-state index contributed by atoms with van der Waals surface area (Å²) in [6, 6.07) is 7.92. The van der Waals surface area contributed by atoms with Crippen LogP contribution in [0.4, 0.5) is 0 Å². The predicted octanol–water partition coefficient (Wildman–Crippen LogP) is 3.31. The molecule has 0 saturated carbocycles. The Morgan fingerprint density at radius 2 is 1.94 bits per heavy atom. The number of benzene rings is 1. The van der Waals surface area contributed by atoms with E-state index in [1.165, 1.54) is 5.56 Å². The van der Waals surface area contributed by atoms with Crippen molar-refractivity contribution in [3.05, 3.63) is 35.4 Å². The van der Waals surface area contributed by atoms with Gasteiger partial charge in [0, 0.05) is 5.56 Å². The lowest BCUT2D eigenvalue weighted by molar-refractivity contribution is 0.0935. The van der Waals surface area contributed by atoms with Crippen LogP contribution in [0.2, 0.25) is 19.6 Å². The largest absolute Gasteiger partial charge is 0.293 e. The Hall–Kier alpha value is -1.33. The Kier molecular flexibility index (Phi) is 3.21. The van der Waals surface area contributed by atoms with Crippen molar-refractivity contribution in [3.63, 3.8) is 0 Å². The van der Waals surface area contributed by atoms with Gasteiger partial charge in [0.25, 0.3) is 0 Å². The van der Waals surface area contributed by atoms with E-state index < -0.39 is 8.07 Å². The number of rotatable bonds is 0. The van der Waals surface area contributed by atoms with Crippen LogP contribution < -0.4 is 0 Å². The maximum Gasteiger partial charge on any atom is 0.178 e. The molecule has 1 aliphatic rings. The molecule has 88 valence electrons. The van der Waals surface area contributed by atoms with Crippen LogP contribution in [-0.2, 0) is 6.42 Å². The van der Waals surface area contributed by atoms with Crippen LogP contribution in [0.5, 0.6) is 0 Å². The summed E-state index contributed by atoms with van der Waals surface area (Å²) in [5, 5.41) is 0. The molecular weight excluding hydrogens is 224 g/mol. The molecule has 0 amide bonds. The highest BCUT2D eigenvalue weighted by Crippen LogP contribution is 2.25. The molecular formula is C15H18OSi. The second-order valence-electron chi connectivity index (χ2n) is 5.63. The highest BCUT2D eigenvalue weighted by Gasteiger charge is 2.25. The summed E-state index contributed by atoms with van der Waals surface area (Å²) in [6.45, 7) is 6.63. The summed E-state index contributed by atoms with van der Waals surface area (Å²) in [7, 11) is -1.38. The van der Waals surface area contributed by atoms with Crippen LogP contribution in [0, 0.1) is 17.4 Å². The van der Waals surface area contributed by atoms with E-state index in [2.05, 4.69) is 37.2 Å². The van der Waals surface area contributed by atoms with Gasteiger partial charge in [-0.05, 0) is 18.4 Å². The summed E-state index contributed by atoms with van der Waals surface area (Å²) in [4.78, 5) is 12.2. The van der Waals surface area contributed by atoms with Crippen LogP contribution in [0.3, 0.4) is 0 Å². The van der Waals surface area contributed by atoms with Crippen molar-refractivity contribution in [2.75, 3.05) is 0 Å². The summed E-state index contributed by atoms with van der Waals surface area (Å²) < 4.78 is 0. The van der Waals surface area contributed by atoms with Crippen molar-refractivity contribution < 1.29 is 4.79 Å². The zero-order valence-corrected chi connectivity index (χ0v) is 11.7. The van der Waals surface area contributed by atoms with Gasteiger partial charge in [-0.25, -0.2) is 0 Å². The van der Waals surface area contributed by atoms with Crippen molar-refractivity contribution in [3.8, 4) is 11.5 Å². The quantitative estimate of drug-likeness (QED) is 0.504. The molecule has 2 rings (SSSR count). The minimum absolute atomic E-state index is 0.0726. The lowest BCUT2D eigenvalue weighted by atomic mass is 9.83. The molecule has 0 fully saturated rings. The summed E-state index contributed by atoms with van der Waals surface area (Å²) in [5.41, 5.74) is 5.39. The van der Waals surface area contributed by atoms with E-state index in [4.69, 9.17) is 0 Å². The Bertz CT molecular complexity index is 500. The number of hydrogen-bond donors (Lipinski definition) is 0. The first-order chi connectivity index (χ1) is 7.97. The molecule has 0 radical (unpaired) electrons. The van der Waals surface area contributed by atoms with Crippen LogP contribution in [0.25, 0.3) is 0 Å². The number of hydrogen-bond acceptors (Lipinski definition) is 1. The summed E-state index contributed by atoms with van der Waals surface area (Å²) in [6.07, 6.45) is 1.86. The SMILES string of the molecule is C[Si](C)(C)C#CC1CCc2ccccc2C1=O. The van der Waals surface area contributed by atoms with Gasteiger partial charge in [0.15, 0.2) is 5.78 Å². The Morgan fingerprint density at radius 1 is 1.24 bits per heavy atom. The summed E-state index contributed by atoms with van der Waals surface area (Å²) >= 11 is 0. The maximum atomic E-state index is 12.2. The maximum absolute atomic E-state index is 12.2. The van der Waals surface area contributed by atoms with Gasteiger partial charge in [0.2, 0.25) is 0 Å². The van der Waals surface area contributed by atoms with Crippen LogP contribution in [-0.4, -0.2) is 13.9 Å². The van der Waals surface area contributed by atoms with Gasteiger partial charge < -0.3 is 0 Å². The molecule has 0 N–H and O–H groups in total. The molecule has 1 nitrogen and oxygen atoms in total. The van der Waals surface area contributed by atoms with E-state index in [-0.39, 0.29) is 11.7 Å². The topological polar surface area (TPSA) is 17.1 Å². The molecule has 17 heavy (non-hydrogen) atoms. The molecule has 1 aliphatic carbocycles. The molecule has 0 heterocycles. The molecule has 0 aromatic heterocycles. The number of carbonyl (C=O) groups excluding carboxylic acids is 1. The molecule has 0 saturated heterocycles. The number of carbonyl (C=O) groups is 1. The Labute approximate surface area is 104 Å². The number of aryl methyl sites for hydroxylation is 1. The van der Waals surface area contributed by atoms with Crippen LogP contribution in [0.15, 0.2) is 24.3 Å². The normalized spacial score (nSPS) is 19.2. The first kappa shape index (κ1) is 12.1. The third kappa shape index (κ3) is 2.86. The molecule has 0 spiro atoms. The minimum atomic E-state index is -1.38. The molecule has 1 aromatic rings. The highest BCUT2D eigenvalue weighted by molar-refractivity contribution is 6.83. The fraction of sp³-hybridized carbons (Fsp3) is 0.400. The van der Waals surface area contributed by atoms with Crippen molar-refractivity contribution in [2.45, 2.75) is 32.5 Å². The molecule has 0 bridgehead atoms. The second kappa shape index (κ2) is 4.50. The average Bonchev–Trinajstić information content (AvgIpc) is 2.27. The lowest BCUT2D eigenvalue weighted by Crippen LogP contribution is -2.23. The standard InChI is InChI=1S/C15H18OSi/c1-17(2,3)11-10-13-9-8-12-6-4-5-7-14(12)15(13)16/h4-7,13H,8-9H2,1-3H3. The Balaban J connectivity index is 2.26. The van der Waals surface area contributed by atoms with E-state index in [1.54, 1.807) is 0 Å². The van der Waals surface area contributed by atoms with Gasteiger partial charge in [-0.15, -0.1) is 5.54 Å². The number of ketones is 1. The van der Waals surface area contributed by atoms with Crippen molar-refractivity contribution in [2.24, 2.45) is 5.92 Å². The molecule has 1 atom stereocenters. The third-order valence-corrected chi connectivity index (χ3v) is 3.82. The number of fused-ring (bicyclic) bond motifs is 1. The first-order valence-corrected chi connectivity index (χ1v) is 9.62. The van der Waals surface area contributed by atoms with Crippen molar-refractivity contribution in [1.29, 1.82) is 0 Å². The highest BCUT2D eigenvalue weighted by atomic mass is 28.3. The van der Waals surface area contributed by atoms with Crippen LogP contribution >= 0.6 is 0 Å². The molecule has 0 aliphatic heterocycles. The fourth-order valence-corrected chi connectivity index (χ4v) is 2.65. The lowest BCUT2D eigenvalue weighted by Gasteiger charge is -2.19. The van der Waals surface area contributed by atoms with Crippen molar-refractivity contribution >= 4 is 13.9 Å². The molecule has 1 aromatic carbocycles. The average molecular weight is 242 g/mol. The van der Waals surface area contributed by atoms with E-state index in [0.29, 0.717) is 0 Å². The minimum Gasteiger partial charge on any atom is -0.293 e. The van der Waals surface area contributed by atoms with Gasteiger partial charge in [-0.3, -0.25) is 4.79 Å². The Morgan fingerprint density at radius 3 is 2.65 bits per heavy atom. The van der Waals surface area contributed by atoms with Gasteiger partial charge in [0.05, 0.1) is 5.92 Å². The van der Waals surface area contributed by atoms with E-state index in [1.807, 2.05) is 18.2 Å². The zero-order valence-electron chi connectivity index (χ0n) is 10.7. The fourth-order valence-electron chi connectivity index (χ4n) is 2.04. The first-order valence-electron chi connectivity index (χ1n) is 6.12. The van der Waals surface area contributed by atoms with Crippen molar-refractivity contribution in [1.82, 2.24) is 0 Å².